The summed E-state index contributed by atoms with van der Waals surface area (Å²) in [5.74, 6) is -1.90. The van der Waals surface area contributed by atoms with Crippen LogP contribution in [0.15, 0.2) is 35.3 Å². The Labute approximate surface area is 253 Å². The number of benzene rings is 1. The van der Waals surface area contributed by atoms with E-state index in [0.29, 0.717) is 70.3 Å². The van der Waals surface area contributed by atoms with Crippen LogP contribution in [-0.4, -0.2) is 88.4 Å². The Kier molecular flexibility index (Phi) is 14.1. The average molecular weight is 614 g/mol. The number of nitrogens with zero attached hydrogens (tertiary/aromatic N) is 3. The Morgan fingerprint density at radius 2 is 1.68 bits per heavy atom. The van der Waals surface area contributed by atoms with Crippen LogP contribution in [0.25, 0.3) is 11.2 Å². The summed E-state index contributed by atoms with van der Waals surface area (Å²) in [5.41, 5.74) is 6.63. The van der Waals surface area contributed by atoms with Crippen molar-refractivity contribution in [2.24, 2.45) is 0 Å². The van der Waals surface area contributed by atoms with E-state index in [2.05, 4.69) is 30.6 Å². The molecule has 0 fully saturated rings. The normalized spacial score (nSPS) is 11.8. The van der Waals surface area contributed by atoms with Gasteiger partial charge in [0.2, 0.25) is 5.95 Å². The second-order valence-electron chi connectivity index (χ2n) is 9.74. The molecule has 0 aliphatic heterocycles. The maximum absolute atomic E-state index is 12.7. The van der Waals surface area contributed by atoms with Crippen molar-refractivity contribution in [1.82, 2.24) is 25.3 Å². The quantitative estimate of drug-likeness (QED) is 0.108. The molecule has 44 heavy (non-hydrogen) atoms. The number of nitrogens with one attached hydrogen (secondary N) is 3. The number of carbonyl (C=O) groups is 3. The average Bonchev–Trinajstić information content (AvgIpc) is 3.01. The van der Waals surface area contributed by atoms with Gasteiger partial charge >= 0.3 is 5.97 Å². The summed E-state index contributed by atoms with van der Waals surface area (Å²) in [7, 11) is 0. The fraction of sp³-hybridized carbons (Fsp3) is 0.483. The number of hydrogen-bond acceptors (Lipinski definition) is 12. The van der Waals surface area contributed by atoms with Crippen molar-refractivity contribution in [3.05, 3.63) is 52.1 Å². The van der Waals surface area contributed by atoms with Gasteiger partial charge < -0.3 is 35.7 Å². The summed E-state index contributed by atoms with van der Waals surface area (Å²) in [6, 6.07) is 5.18. The molecule has 238 valence electrons. The number of anilines is 2. The minimum atomic E-state index is -1.21. The fourth-order valence-electron chi connectivity index (χ4n) is 4.03. The number of aliphatic carboxylic acids is 1. The molecule has 2 heterocycles. The summed E-state index contributed by atoms with van der Waals surface area (Å²) < 4.78 is 16.0. The van der Waals surface area contributed by atoms with Gasteiger partial charge in [0, 0.05) is 37.3 Å². The highest BCUT2D eigenvalue weighted by Crippen LogP contribution is 2.13. The van der Waals surface area contributed by atoms with Crippen molar-refractivity contribution in [3.63, 3.8) is 0 Å². The number of ether oxygens (including phenoxy) is 3. The number of hydrogen-bond donors (Lipinski definition) is 5. The van der Waals surface area contributed by atoms with Gasteiger partial charge in [0.15, 0.2) is 11.2 Å². The van der Waals surface area contributed by atoms with E-state index in [0.717, 1.165) is 0 Å². The lowest BCUT2D eigenvalue weighted by Crippen LogP contribution is -2.41. The van der Waals surface area contributed by atoms with Crippen molar-refractivity contribution in [2.45, 2.75) is 51.6 Å². The van der Waals surface area contributed by atoms with Gasteiger partial charge in [0.05, 0.1) is 44.9 Å². The Morgan fingerprint density at radius 1 is 0.977 bits per heavy atom. The third kappa shape index (κ3) is 11.7. The van der Waals surface area contributed by atoms with Gasteiger partial charge in [-0.25, -0.2) is 14.8 Å². The van der Waals surface area contributed by atoms with E-state index in [1.165, 1.54) is 6.20 Å². The molecule has 3 rings (SSSR count). The molecule has 1 aromatic carbocycles. The highest BCUT2D eigenvalue weighted by molar-refractivity contribution is 5.97. The molecule has 0 aliphatic rings. The lowest BCUT2D eigenvalue weighted by molar-refractivity contribution is -0.139. The van der Waals surface area contributed by atoms with Crippen molar-refractivity contribution in [3.8, 4) is 0 Å². The zero-order chi connectivity index (χ0) is 31.7. The smallest absolute Gasteiger partial charge is 0.326 e. The molecular weight excluding hydrogens is 574 g/mol. The Bertz CT molecular complexity index is 1430. The number of Topliss-reactive ketones (excluding diaryl/α,β-unsaturated/α-hetero) is 1. The molecular formula is C29H39N7O8. The third-order valence-corrected chi connectivity index (χ3v) is 6.36. The van der Waals surface area contributed by atoms with E-state index in [1.54, 1.807) is 24.3 Å². The van der Waals surface area contributed by atoms with Gasteiger partial charge in [-0.2, -0.15) is 4.98 Å². The van der Waals surface area contributed by atoms with E-state index in [-0.39, 0.29) is 47.8 Å². The van der Waals surface area contributed by atoms with Gasteiger partial charge in [0.25, 0.3) is 11.5 Å². The van der Waals surface area contributed by atoms with Crippen molar-refractivity contribution < 1.29 is 33.7 Å². The highest BCUT2D eigenvalue weighted by Gasteiger charge is 2.21. The number of nitrogens with two attached hydrogens (primary N) is 1. The third-order valence-electron chi connectivity index (χ3n) is 6.36. The second kappa shape index (κ2) is 18.3. The van der Waals surface area contributed by atoms with Crippen LogP contribution < -0.4 is 21.9 Å². The van der Waals surface area contributed by atoms with E-state index in [9.17, 15) is 24.3 Å². The van der Waals surface area contributed by atoms with Crippen molar-refractivity contribution >= 4 is 40.5 Å². The summed E-state index contributed by atoms with van der Waals surface area (Å²) in [6.07, 6.45) is 3.16. The van der Waals surface area contributed by atoms with Crippen LogP contribution in [-0.2, 0) is 30.3 Å². The van der Waals surface area contributed by atoms with Crippen LogP contribution in [0.2, 0.25) is 0 Å². The Hall–Kier alpha value is -4.47. The monoisotopic (exact) mass is 613 g/mol. The maximum Gasteiger partial charge on any atom is 0.326 e. The molecule has 0 bridgehead atoms. The molecule has 0 aliphatic carbocycles. The molecule has 6 N–H and O–H groups in total. The van der Waals surface area contributed by atoms with Crippen LogP contribution in [0.3, 0.4) is 0 Å². The number of ketones is 1. The minimum Gasteiger partial charge on any atom is -0.480 e. The van der Waals surface area contributed by atoms with Gasteiger partial charge in [-0.15, -0.1) is 0 Å². The summed E-state index contributed by atoms with van der Waals surface area (Å²) >= 11 is 0. The number of amides is 1. The molecule has 15 nitrogen and oxygen atoms in total. The van der Waals surface area contributed by atoms with Gasteiger partial charge in [-0.3, -0.25) is 19.4 Å². The van der Waals surface area contributed by atoms with Gasteiger partial charge in [-0.1, -0.05) is 0 Å². The Morgan fingerprint density at radius 3 is 2.39 bits per heavy atom. The summed E-state index contributed by atoms with van der Waals surface area (Å²) in [4.78, 5) is 63.4. The Balaban J connectivity index is 1.36. The SMILES string of the molecule is CCOCCOCCOCCCCC(=O)CC[C@H](NC(=O)c1ccc(NCc2cnc3nc(N)[nH]c(=O)c3n2)cc1)C(=O)O. The number of H-pyrrole nitrogens is 1. The number of fused-ring (bicyclic) bond motifs is 1. The first-order valence-corrected chi connectivity index (χ1v) is 14.4. The lowest BCUT2D eigenvalue weighted by atomic mass is 10.0. The molecule has 0 saturated carbocycles. The number of rotatable bonds is 21. The summed E-state index contributed by atoms with van der Waals surface area (Å²) in [5, 5.41) is 15.2. The molecule has 0 unspecified atom stereocenters. The number of carboxylic acids is 1. The lowest BCUT2D eigenvalue weighted by Gasteiger charge is -2.14. The number of aromatic nitrogens is 4. The highest BCUT2D eigenvalue weighted by atomic mass is 16.5. The first-order valence-electron chi connectivity index (χ1n) is 14.4. The van der Waals surface area contributed by atoms with E-state index in [1.807, 2.05) is 6.92 Å². The molecule has 0 radical (unpaired) electrons. The van der Waals surface area contributed by atoms with E-state index < -0.39 is 23.5 Å². The van der Waals surface area contributed by atoms with Gasteiger partial charge in [-0.05, 0) is 50.5 Å². The predicted octanol–water partition coefficient (Wildman–Crippen LogP) is 1.68. The molecule has 15 heteroatoms. The van der Waals surface area contributed by atoms with Crippen LogP contribution in [0, 0.1) is 0 Å². The molecule has 3 aromatic rings. The van der Waals surface area contributed by atoms with Crippen LogP contribution in [0.1, 0.15) is 55.1 Å². The topological polar surface area (TPSA) is 221 Å². The first-order chi connectivity index (χ1) is 21.3. The number of nitrogen functional groups attached to an aromatic ring is 1. The second-order valence-corrected chi connectivity index (χ2v) is 9.74. The zero-order valence-electron chi connectivity index (χ0n) is 24.7. The minimum absolute atomic E-state index is 0.00707. The number of carboxylic acid groups (broad SMARTS) is 1. The predicted molar refractivity (Wildman–Crippen MR) is 161 cm³/mol. The summed E-state index contributed by atoms with van der Waals surface area (Å²) in [6.45, 7) is 5.37. The number of aromatic amines is 1. The zero-order valence-corrected chi connectivity index (χ0v) is 24.7. The van der Waals surface area contributed by atoms with Crippen molar-refractivity contribution in [1.29, 1.82) is 0 Å². The van der Waals surface area contributed by atoms with E-state index in [4.69, 9.17) is 19.9 Å². The first kappa shape index (κ1) is 34.0. The molecule has 2 aromatic heterocycles. The number of carbonyl (C=O) groups excluding carboxylic acids is 2. The number of unbranched alkanes of at least 4 members (excludes halogenated alkanes) is 1. The van der Waals surface area contributed by atoms with E-state index >= 15 is 0 Å². The standard InChI is InChI=1S/C29H39N7O8/c1-2-42-13-14-44-16-15-43-12-4-3-5-22(37)10-11-23(28(40)41)34-26(38)19-6-8-20(9-7-19)31-17-21-18-32-25-24(33-21)27(39)36-29(30)35-25/h6-9,18,23,31H,2-5,10-17H2,1H3,(H,34,38)(H,40,41)(H3,30,32,35,36,39)/t23-/m0/s1. The van der Waals surface area contributed by atoms with Gasteiger partial charge in [0.1, 0.15) is 11.8 Å². The molecule has 0 saturated heterocycles. The maximum atomic E-state index is 12.7. The van der Waals surface area contributed by atoms with Crippen LogP contribution in [0.5, 0.6) is 0 Å². The molecule has 1 amide bonds. The largest absolute Gasteiger partial charge is 0.480 e. The molecule has 1 atom stereocenters. The van der Waals surface area contributed by atoms with Crippen LogP contribution >= 0.6 is 0 Å². The van der Waals surface area contributed by atoms with Crippen LogP contribution in [0.4, 0.5) is 11.6 Å². The van der Waals surface area contributed by atoms with Crippen molar-refractivity contribution in [2.75, 3.05) is 50.7 Å². The fourth-order valence-corrected chi connectivity index (χ4v) is 4.03. The molecule has 0 spiro atoms.